The Labute approximate surface area is 118 Å². The van der Waals surface area contributed by atoms with Crippen molar-refractivity contribution in [1.82, 2.24) is 5.32 Å². The molecule has 0 aliphatic heterocycles. The van der Waals surface area contributed by atoms with Crippen molar-refractivity contribution in [2.24, 2.45) is 0 Å². The molecule has 1 amide bonds. The lowest BCUT2D eigenvalue weighted by molar-refractivity contribution is 0.0927. The maximum atomic E-state index is 12.0. The molecule has 0 heterocycles. The van der Waals surface area contributed by atoms with E-state index < -0.39 is 0 Å². The van der Waals surface area contributed by atoms with Crippen molar-refractivity contribution in [3.05, 3.63) is 60.2 Å². The number of anilines is 1. The summed E-state index contributed by atoms with van der Waals surface area (Å²) in [4.78, 5) is 12.0. The van der Waals surface area contributed by atoms with Crippen LogP contribution < -0.4 is 15.8 Å². The third-order valence-corrected chi connectivity index (χ3v) is 2.83. The molecule has 0 spiro atoms. The number of nitrogens with one attached hydrogen (secondary N) is 1. The minimum atomic E-state index is -0.188. The number of para-hydroxylation sites is 2. The Morgan fingerprint density at radius 1 is 1.15 bits per heavy atom. The summed E-state index contributed by atoms with van der Waals surface area (Å²) >= 11 is 0. The number of hydrogen-bond donors (Lipinski definition) is 2. The van der Waals surface area contributed by atoms with Crippen molar-refractivity contribution >= 4 is 11.6 Å². The van der Waals surface area contributed by atoms with E-state index in [2.05, 4.69) is 5.32 Å². The van der Waals surface area contributed by atoms with Crippen LogP contribution >= 0.6 is 0 Å². The first-order valence-electron chi connectivity index (χ1n) is 6.50. The molecule has 0 aliphatic carbocycles. The summed E-state index contributed by atoms with van der Waals surface area (Å²) in [7, 11) is 0. The maximum Gasteiger partial charge on any atom is 0.253 e. The van der Waals surface area contributed by atoms with Crippen LogP contribution in [0, 0.1) is 0 Å². The lowest BCUT2D eigenvalue weighted by atomic mass is 10.1. The van der Waals surface area contributed by atoms with Gasteiger partial charge in [0.15, 0.2) is 0 Å². The van der Waals surface area contributed by atoms with Gasteiger partial charge in [0.1, 0.15) is 12.4 Å². The van der Waals surface area contributed by atoms with Crippen molar-refractivity contribution in [1.29, 1.82) is 0 Å². The summed E-state index contributed by atoms with van der Waals surface area (Å²) < 4.78 is 5.59. The van der Waals surface area contributed by atoms with E-state index in [-0.39, 0.29) is 11.9 Å². The van der Waals surface area contributed by atoms with Gasteiger partial charge in [-0.15, -0.1) is 0 Å². The minimum absolute atomic E-state index is 0.109. The van der Waals surface area contributed by atoms with Crippen LogP contribution in [0.15, 0.2) is 54.6 Å². The summed E-state index contributed by atoms with van der Waals surface area (Å²) in [6.07, 6.45) is 0. The second-order valence-corrected chi connectivity index (χ2v) is 4.59. The first-order chi connectivity index (χ1) is 9.66. The molecule has 4 nitrogen and oxygen atoms in total. The highest BCUT2D eigenvalue weighted by molar-refractivity contribution is 5.99. The average molecular weight is 270 g/mol. The monoisotopic (exact) mass is 270 g/mol. The molecule has 20 heavy (non-hydrogen) atoms. The van der Waals surface area contributed by atoms with Crippen LogP contribution in [-0.2, 0) is 0 Å². The molecule has 104 valence electrons. The summed E-state index contributed by atoms with van der Waals surface area (Å²) in [6.45, 7) is 2.29. The minimum Gasteiger partial charge on any atom is -0.491 e. The lowest BCUT2D eigenvalue weighted by Crippen LogP contribution is -2.37. The van der Waals surface area contributed by atoms with Gasteiger partial charge in [-0.3, -0.25) is 4.79 Å². The highest BCUT2D eigenvalue weighted by atomic mass is 16.5. The maximum absolute atomic E-state index is 12.0. The zero-order valence-electron chi connectivity index (χ0n) is 11.4. The van der Waals surface area contributed by atoms with Gasteiger partial charge in [-0.1, -0.05) is 30.3 Å². The molecule has 0 fully saturated rings. The fraction of sp³-hybridized carbons (Fsp3) is 0.188. The van der Waals surface area contributed by atoms with Gasteiger partial charge in [-0.05, 0) is 31.2 Å². The van der Waals surface area contributed by atoms with Crippen molar-refractivity contribution < 1.29 is 9.53 Å². The smallest absolute Gasteiger partial charge is 0.253 e. The van der Waals surface area contributed by atoms with Crippen LogP contribution in [0.2, 0.25) is 0 Å². The number of ether oxygens (including phenoxy) is 1. The fourth-order valence-corrected chi connectivity index (χ4v) is 1.78. The molecular weight excluding hydrogens is 252 g/mol. The number of carbonyl (C=O) groups excluding carboxylic acids is 1. The Hall–Kier alpha value is -2.49. The zero-order chi connectivity index (χ0) is 14.4. The predicted octanol–water partition coefficient (Wildman–Crippen LogP) is 2.47. The van der Waals surface area contributed by atoms with Gasteiger partial charge in [-0.25, -0.2) is 0 Å². The molecule has 0 saturated heterocycles. The Balaban J connectivity index is 1.87. The van der Waals surface area contributed by atoms with E-state index in [0.717, 1.165) is 5.75 Å². The molecule has 1 atom stereocenters. The van der Waals surface area contributed by atoms with E-state index in [1.807, 2.05) is 37.3 Å². The van der Waals surface area contributed by atoms with Gasteiger partial charge in [0, 0.05) is 5.69 Å². The Morgan fingerprint density at radius 3 is 2.50 bits per heavy atom. The summed E-state index contributed by atoms with van der Waals surface area (Å²) in [5, 5.41) is 2.86. The number of benzene rings is 2. The second-order valence-electron chi connectivity index (χ2n) is 4.59. The van der Waals surface area contributed by atoms with E-state index in [0.29, 0.717) is 17.9 Å². The van der Waals surface area contributed by atoms with Gasteiger partial charge < -0.3 is 15.8 Å². The number of carbonyl (C=O) groups is 1. The second kappa shape index (κ2) is 6.61. The Morgan fingerprint density at radius 2 is 1.80 bits per heavy atom. The summed E-state index contributed by atoms with van der Waals surface area (Å²) in [6, 6.07) is 16.4. The highest BCUT2D eigenvalue weighted by Crippen LogP contribution is 2.11. The molecule has 0 radical (unpaired) electrons. The van der Waals surface area contributed by atoms with Gasteiger partial charge in [0.25, 0.3) is 5.91 Å². The SMILES string of the molecule is CC(COc1ccccc1)NC(=O)c1ccccc1N. The number of nitrogen functional groups attached to an aromatic ring is 1. The standard InChI is InChI=1S/C16H18N2O2/c1-12(11-20-13-7-3-2-4-8-13)18-16(19)14-9-5-6-10-15(14)17/h2-10,12H,11,17H2,1H3,(H,18,19). The molecule has 2 rings (SSSR count). The molecule has 4 heteroatoms. The van der Waals surface area contributed by atoms with E-state index >= 15 is 0 Å². The number of nitrogens with two attached hydrogens (primary N) is 1. The van der Waals surface area contributed by atoms with Crippen LogP contribution in [0.3, 0.4) is 0 Å². The molecule has 2 aromatic rings. The molecule has 0 aliphatic rings. The molecule has 0 saturated carbocycles. The topological polar surface area (TPSA) is 64.3 Å². The Bertz CT molecular complexity index is 570. The molecule has 2 aromatic carbocycles. The molecular formula is C16H18N2O2. The quantitative estimate of drug-likeness (QED) is 0.820. The van der Waals surface area contributed by atoms with Crippen LogP contribution in [0.5, 0.6) is 5.75 Å². The third-order valence-electron chi connectivity index (χ3n) is 2.83. The van der Waals surface area contributed by atoms with Crippen molar-refractivity contribution in [2.75, 3.05) is 12.3 Å². The first-order valence-corrected chi connectivity index (χ1v) is 6.50. The van der Waals surface area contributed by atoms with E-state index in [9.17, 15) is 4.79 Å². The average Bonchev–Trinajstić information content (AvgIpc) is 2.46. The van der Waals surface area contributed by atoms with E-state index in [4.69, 9.17) is 10.5 Å². The van der Waals surface area contributed by atoms with Gasteiger partial charge in [0.2, 0.25) is 0 Å². The fourth-order valence-electron chi connectivity index (χ4n) is 1.78. The molecule has 0 bridgehead atoms. The van der Waals surface area contributed by atoms with Crippen molar-refractivity contribution in [3.63, 3.8) is 0 Å². The first kappa shape index (κ1) is 13.9. The number of rotatable bonds is 5. The highest BCUT2D eigenvalue weighted by Gasteiger charge is 2.12. The van der Waals surface area contributed by atoms with Crippen LogP contribution in [0.25, 0.3) is 0 Å². The Kier molecular flexibility index (Phi) is 4.60. The predicted molar refractivity (Wildman–Crippen MR) is 79.7 cm³/mol. The molecule has 0 aromatic heterocycles. The lowest BCUT2D eigenvalue weighted by Gasteiger charge is -2.15. The van der Waals surface area contributed by atoms with E-state index in [1.54, 1.807) is 24.3 Å². The summed E-state index contributed by atoms with van der Waals surface area (Å²) in [5.74, 6) is 0.597. The van der Waals surface area contributed by atoms with Crippen LogP contribution in [-0.4, -0.2) is 18.6 Å². The largest absolute Gasteiger partial charge is 0.491 e. The van der Waals surface area contributed by atoms with E-state index in [1.165, 1.54) is 0 Å². The molecule has 1 unspecified atom stereocenters. The van der Waals surface area contributed by atoms with Crippen LogP contribution in [0.4, 0.5) is 5.69 Å². The molecule has 3 N–H and O–H groups in total. The number of hydrogen-bond acceptors (Lipinski definition) is 3. The van der Waals surface area contributed by atoms with Crippen molar-refractivity contribution in [3.8, 4) is 5.75 Å². The third kappa shape index (κ3) is 3.75. The summed E-state index contributed by atoms with van der Waals surface area (Å²) in [5.41, 5.74) is 6.73. The van der Waals surface area contributed by atoms with Crippen molar-refractivity contribution in [2.45, 2.75) is 13.0 Å². The normalized spacial score (nSPS) is 11.7. The zero-order valence-corrected chi connectivity index (χ0v) is 11.4. The van der Waals surface area contributed by atoms with Gasteiger partial charge >= 0.3 is 0 Å². The van der Waals surface area contributed by atoms with Gasteiger partial charge in [0.05, 0.1) is 11.6 Å². The van der Waals surface area contributed by atoms with Gasteiger partial charge in [-0.2, -0.15) is 0 Å². The number of amides is 1. The van der Waals surface area contributed by atoms with Crippen LogP contribution in [0.1, 0.15) is 17.3 Å².